The predicted octanol–water partition coefficient (Wildman–Crippen LogP) is 3.79. The summed E-state index contributed by atoms with van der Waals surface area (Å²) in [5, 5.41) is 3.29. The Morgan fingerprint density at radius 2 is 1.63 bits per heavy atom. The normalized spacial score (nSPS) is 10.1. The molecule has 0 saturated carbocycles. The maximum atomic E-state index is 5.71. The maximum Gasteiger partial charge on any atom is 0.124 e. The third kappa shape index (κ3) is 3.32. The molecule has 0 radical (unpaired) electrons. The van der Waals surface area contributed by atoms with Crippen molar-refractivity contribution < 1.29 is 9.47 Å². The van der Waals surface area contributed by atoms with E-state index in [1.54, 1.807) is 14.2 Å². The molecule has 0 aliphatic carbocycles. The summed E-state index contributed by atoms with van der Waals surface area (Å²) in [6.45, 7) is 0. The van der Waals surface area contributed by atoms with Crippen LogP contribution in [0.1, 0.15) is 0 Å². The zero-order chi connectivity index (χ0) is 13.8. The van der Waals surface area contributed by atoms with Crippen molar-refractivity contribution in [2.45, 2.75) is 0 Å². The van der Waals surface area contributed by atoms with Crippen LogP contribution in [0.5, 0.6) is 11.5 Å². The number of anilines is 3. The Morgan fingerprint density at radius 1 is 1.00 bits per heavy atom. The lowest BCUT2D eigenvalue weighted by Crippen LogP contribution is -1.95. The summed E-state index contributed by atoms with van der Waals surface area (Å²) < 4.78 is 11.4. The van der Waals surface area contributed by atoms with Crippen molar-refractivity contribution in [3.8, 4) is 11.5 Å². The van der Waals surface area contributed by atoms with Gasteiger partial charge in [0.15, 0.2) is 0 Å². The maximum absolute atomic E-state index is 5.71. The van der Waals surface area contributed by atoms with Crippen LogP contribution in [0.2, 0.25) is 0 Å². The second-order valence-electron chi connectivity index (χ2n) is 3.97. The van der Waals surface area contributed by atoms with Crippen LogP contribution in [-0.2, 0) is 0 Å². The Bertz CT molecular complexity index is 565. The summed E-state index contributed by atoms with van der Waals surface area (Å²) >= 11 is 3.47. The van der Waals surface area contributed by atoms with Crippen LogP contribution in [-0.4, -0.2) is 14.2 Å². The number of rotatable bonds is 4. The first-order valence-corrected chi connectivity index (χ1v) is 6.47. The van der Waals surface area contributed by atoms with Crippen molar-refractivity contribution in [2.75, 3.05) is 25.3 Å². The molecule has 0 atom stereocenters. The molecule has 0 amide bonds. The third-order valence-corrected chi connectivity index (χ3v) is 3.28. The van der Waals surface area contributed by atoms with Crippen LogP contribution in [0.4, 0.5) is 17.1 Å². The molecule has 0 aliphatic heterocycles. The Labute approximate surface area is 120 Å². The number of benzene rings is 2. The van der Waals surface area contributed by atoms with E-state index >= 15 is 0 Å². The fourth-order valence-corrected chi connectivity index (χ4v) is 2.16. The fourth-order valence-electron chi connectivity index (χ4n) is 1.67. The molecule has 2 rings (SSSR count). The monoisotopic (exact) mass is 322 g/mol. The quantitative estimate of drug-likeness (QED) is 0.841. The lowest BCUT2D eigenvalue weighted by molar-refractivity contribution is 0.395. The van der Waals surface area contributed by atoms with E-state index in [1.165, 1.54) is 0 Å². The third-order valence-electron chi connectivity index (χ3n) is 2.62. The number of ether oxygens (including phenoxy) is 2. The largest absolute Gasteiger partial charge is 0.497 e. The Balaban J connectivity index is 2.31. The van der Waals surface area contributed by atoms with Crippen LogP contribution in [0.25, 0.3) is 0 Å². The molecule has 0 fully saturated rings. The molecule has 0 aliphatic rings. The summed E-state index contributed by atoms with van der Waals surface area (Å²) in [6, 6.07) is 11.2. The van der Waals surface area contributed by atoms with E-state index in [0.29, 0.717) is 5.69 Å². The van der Waals surface area contributed by atoms with E-state index in [0.717, 1.165) is 27.3 Å². The zero-order valence-electron chi connectivity index (χ0n) is 10.7. The minimum atomic E-state index is 0.709. The molecule has 0 heterocycles. The molecule has 3 N–H and O–H groups in total. The number of nitrogen functional groups attached to an aromatic ring is 1. The van der Waals surface area contributed by atoms with Crippen molar-refractivity contribution in [3.63, 3.8) is 0 Å². The van der Waals surface area contributed by atoms with Crippen molar-refractivity contribution >= 4 is 33.0 Å². The van der Waals surface area contributed by atoms with Gasteiger partial charge >= 0.3 is 0 Å². The minimum absolute atomic E-state index is 0.709. The average molecular weight is 323 g/mol. The first-order valence-electron chi connectivity index (χ1n) is 5.67. The standard InChI is InChI=1S/C14H15BrN2O2/c1-18-11-6-10(7-12(8-11)19-2)17-14-4-3-9(16)5-13(14)15/h3-8,17H,16H2,1-2H3. The highest BCUT2D eigenvalue weighted by Crippen LogP contribution is 2.31. The fraction of sp³-hybridized carbons (Fsp3) is 0.143. The first-order chi connectivity index (χ1) is 9.12. The van der Waals surface area contributed by atoms with Crippen LogP contribution < -0.4 is 20.5 Å². The lowest BCUT2D eigenvalue weighted by atomic mass is 10.2. The van der Waals surface area contributed by atoms with Gasteiger partial charge in [-0.05, 0) is 34.1 Å². The first kappa shape index (κ1) is 13.5. The molecule has 2 aromatic carbocycles. The minimum Gasteiger partial charge on any atom is -0.497 e. The van der Waals surface area contributed by atoms with Gasteiger partial charge in [-0.2, -0.15) is 0 Å². The molecule has 0 saturated heterocycles. The van der Waals surface area contributed by atoms with E-state index in [1.807, 2.05) is 36.4 Å². The number of halogens is 1. The molecule has 4 nitrogen and oxygen atoms in total. The average Bonchev–Trinajstić information content (AvgIpc) is 2.41. The van der Waals surface area contributed by atoms with E-state index in [9.17, 15) is 0 Å². The van der Waals surface area contributed by atoms with Crippen molar-refractivity contribution in [1.82, 2.24) is 0 Å². The second kappa shape index (κ2) is 5.84. The molecular weight excluding hydrogens is 308 g/mol. The summed E-state index contributed by atoms with van der Waals surface area (Å²) in [7, 11) is 3.25. The van der Waals surface area contributed by atoms with Gasteiger partial charge in [0.05, 0.1) is 19.9 Å². The number of nitrogens with two attached hydrogens (primary N) is 1. The highest BCUT2D eigenvalue weighted by atomic mass is 79.9. The van der Waals surface area contributed by atoms with Gasteiger partial charge in [-0.3, -0.25) is 0 Å². The Kier molecular flexibility index (Phi) is 4.16. The molecule has 5 heteroatoms. The van der Waals surface area contributed by atoms with Gasteiger partial charge in [-0.25, -0.2) is 0 Å². The SMILES string of the molecule is COc1cc(Nc2ccc(N)cc2Br)cc(OC)c1. The molecule has 2 aromatic rings. The van der Waals surface area contributed by atoms with Crippen molar-refractivity contribution in [2.24, 2.45) is 0 Å². The number of hydrogen-bond acceptors (Lipinski definition) is 4. The van der Waals surface area contributed by atoms with Crippen LogP contribution in [0.3, 0.4) is 0 Å². The molecule has 0 unspecified atom stereocenters. The van der Waals surface area contributed by atoms with Crippen LogP contribution in [0, 0.1) is 0 Å². The van der Waals surface area contributed by atoms with Gasteiger partial charge in [0.2, 0.25) is 0 Å². The molecule has 19 heavy (non-hydrogen) atoms. The molecule has 0 spiro atoms. The van der Waals surface area contributed by atoms with Gasteiger partial charge in [0.1, 0.15) is 11.5 Å². The van der Waals surface area contributed by atoms with Gasteiger partial charge in [0, 0.05) is 34.0 Å². The van der Waals surface area contributed by atoms with Gasteiger partial charge in [-0.15, -0.1) is 0 Å². The van der Waals surface area contributed by atoms with Gasteiger partial charge < -0.3 is 20.5 Å². The summed E-state index contributed by atoms with van der Waals surface area (Å²) in [6.07, 6.45) is 0. The summed E-state index contributed by atoms with van der Waals surface area (Å²) in [4.78, 5) is 0. The Hall–Kier alpha value is -1.88. The zero-order valence-corrected chi connectivity index (χ0v) is 12.3. The van der Waals surface area contributed by atoms with Crippen molar-refractivity contribution in [3.05, 3.63) is 40.9 Å². The smallest absolute Gasteiger partial charge is 0.124 e. The topological polar surface area (TPSA) is 56.5 Å². The van der Waals surface area contributed by atoms with E-state index in [4.69, 9.17) is 15.2 Å². The molecule has 0 aromatic heterocycles. The molecule has 0 bridgehead atoms. The number of nitrogens with one attached hydrogen (secondary N) is 1. The van der Waals surface area contributed by atoms with Gasteiger partial charge in [0.25, 0.3) is 0 Å². The summed E-state index contributed by atoms with van der Waals surface area (Å²) in [5.41, 5.74) is 8.22. The van der Waals surface area contributed by atoms with Crippen LogP contribution >= 0.6 is 15.9 Å². The van der Waals surface area contributed by atoms with Crippen LogP contribution in [0.15, 0.2) is 40.9 Å². The second-order valence-corrected chi connectivity index (χ2v) is 4.82. The lowest BCUT2D eigenvalue weighted by Gasteiger charge is -2.12. The van der Waals surface area contributed by atoms with Gasteiger partial charge in [-0.1, -0.05) is 0 Å². The molecule has 100 valence electrons. The Morgan fingerprint density at radius 3 is 2.16 bits per heavy atom. The number of hydrogen-bond donors (Lipinski definition) is 2. The van der Waals surface area contributed by atoms with E-state index < -0.39 is 0 Å². The van der Waals surface area contributed by atoms with E-state index in [-0.39, 0.29) is 0 Å². The predicted molar refractivity (Wildman–Crippen MR) is 81.4 cm³/mol. The van der Waals surface area contributed by atoms with E-state index in [2.05, 4.69) is 21.2 Å². The molecular formula is C14H15BrN2O2. The highest BCUT2D eigenvalue weighted by molar-refractivity contribution is 9.10. The summed E-state index contributed by atoms with van der Waals surface area (Å²) in [5.74, 6) is 1.46. The number of methoxy groups -OCH3 is 2. The highest BCUT2D eigenvalue weighted by Gasteiger charge is 2.05. The van der Waals surface area contributed by atoms with Crippen molar-refractivity contribution in [1.29, 1.82) is 0 Å².